The van der Waals surface area contributed by atoms with E-state index in [4.69, 9.17) is 18.9 Å². The van der Waals surface area contributed by atoms with Gasteiger partial charge in [0.15, 0.2) is 6.10 Å². The van der Waals surface area contributed by atoms with Gasteiger partial charge < -0.3 is 18.9 Å². The van der Waals surface area contributed by atoms with E-state index in [1.807, 2.05) is 20.8 Å². The van der Waals surface area contributed by atoms with Crippen molar-refractivity contribution < 1.29 is 38.1 Å². The summed E-state index contributed by atoms with van der Waals surface area (Å²) in [6.07, 6.45) is 0.629. The summed E-state index contributed by atoms with van der Waals surface area (Å²) < 4.78 is 23.0. The highest BCUT2D eigenvalue weighted by molar-refractivity contribution is 5.88. The predicted octanol–water partition coefficient (Wildman–Crippen LogP) is 2.99. The van der Waals surface area contributed by atoms with E-state index in [0.717, 1.165) is 12.8 Å². The first-order valence-corrected chi connectivity index (χ1v) is 12.4. The quantitative estimate of drug-likeness (QED) is 0.340. The Morgan fingerprint density at radius 2 is 1.71 bits per heavy atom. The Balaban J connectivity index is 1.69. The molecule has 0 bridgehead atoms. The molecule has 5 rings (SSSR count). The van der Waals surface area contributed by atoms with E-state index in [0.29, 0.717) is 19.3 Å². The van der Waals surface area contributed by atoms with Crippen molar-refractivity contribution in [3.63, 3.8) is 0 Å². The van der Waals surface area contributed by atoms with Crippen LogP contribution in [0.3, 0.4) is 0 Å². The van der Waals surface area contributed by atoms with Gasteiger partial charge in [0.2, 0.25) is 6.10 Å². The second kappa shape index (κ2) is 6.83. The summed E-state index contributed by atoms with van der Waals surface area (Å²) in [7, 11) is 1.29. The highest BCUT2D eigenvalue weighted by Gasteiger charge is 2.89. The van der Waals surface area contributed by atoms with E-state index >= 15 is 0 Å². The number of carbonyl (C=O) groups is 4. The van der Waals surface area contributed by atoms with Gasteiger partial charge in [0.05, 0.1) is 7.11 Å². The average Bonchev–Trinajstić information content (AvgIpc) is 3.53. The minimum atomic E-state index is -1.09. The van der Waals surface area contributed by atoms with Gasteiger partial charge in [-0.1, -0.05) is 34.6 Å². The third-order valence-electron chi connectivity index (χ3n) is 10.9. The molecule has 0 N–H and O–H groups in total. The van der Waals surface area contributed by atoms with Crippen molar-refractivity contribution >= 4 is 23.7 Å². The molecule has 0 radical (unpaired) electrons. The number of epoxide rings is 1. The predicted molar refractivity (Wildman–Crippen MR) is 118 cm³/mol. The number of hydrogen-bond donors (Lipinski definition) is 0. The van der Waals surface area contributed by atoms with Crippen LogP contribution in [0.1, 0.15) is 73.6 Å². The van der Waals surface area contributed by atoms with Crippen molar-refractivity contribution in [2.45, 2.75) is 97.6 Å². The summed E-state index contributed by atoms with van der Waals surface area (Å²) in [6, 6.07) is 0. The van der Waals surface area contributed by atoms with Crippen LogP contribution in [-0.4, -0.2) is 54.7 Å². The molecule has 2 heterocycles. The molecule has 5 aliphatic rings. The first-order chi connectivity index (χ1) is 15.7. The Hall–Kier alpha value is -1.96. The van der Waals surface area contributed by atoms with Crippen molar-refractivity contribution in [3.05, 3.63) is 0 Å². The standard InChI is InChI=1S/C26H36O8/c1-13(27)32-17-12-15-22(2,3)16(28)9-10-23(15,4)14-8-11-24(5)18(20(29)31-7)33-21(30)19-26(24,34-19)25(14,17)6/h14-15,17-19H,8-12H2,1-7H3/t14-,15-,17+,18+,19+,23-,24+,25+,26+/m0/s1. The molecule has 188 valence electrons. The number of methoxy groups -OCH3 is 1. The minimum Gasteiger partial charge on any atom is -0.466 e. The lowest BCUT2D eigenvalue weighted by molar-refractivity contribution is -0.263. The molecule has 5 fully saturated rings. The Bertz CT molecular complexity index is 987. The number of rotatable bonds is 2. The van der Waals surface area contributed by atoms with Crippen molar-refractivity contribution in [2.75, 3.05) is 7.11 Å². The smallest absolute Gasteiger partial charge is 0.347 e. The van der Waals surface area contributed by atoms with Gasteiger partial charge >= 0.3 is 17.9 Å². The van der Waals surface area contributed by atoms with E-state index in [-0.39, 0.29) is 23.0 Å². The summed E-state index contributed by atoms with van der Waals surface area (Å²) in [5, 5.41) is 0. The molecule has 0 amide bonds. The van der Waals surface area contributed by atoms with Crippen molar-refractivity contribution in [3.8, 4) is 0 Å². The normalized spacial score (nSPS) is 50.5. The third-order valence-corrected chi connectivity index (χ3v) is 10.9. The largest absolute Gasteiger partial charge is 0.466 e. The molecule has 8 heteroatoms. The zero-order valence-electron chi connectivity index (χ0n) is 21.2. The molecule has 1 spiro atoms. The van der Waals surface area contributed by atoms with Crippen molar-refractivity contribution in [1.29, 1.82) is 0 Å². The lowest BCUT2D eigenvalue weighted by Crippen LogP contribution is -2.75. The second-order valence-corrected chi connectivity index (χ2v) is 12.4. The number of cyclic esters (lactones) is 1. The molecule has 2 saturated heterocycles. The summed E-state index contributed by atoms with van der Waals surface area (Å²) in [5.74, 6) is -1.28. The number of Topliss-reactive ketones (excluding diaryl/α,β-unsaturated/α-hetero) is 1. The fourth-order valence-electron chi connectivity index (χ4n) is 9.25. The Kier molecular flexibility index (Phi) is 4.77. The fourth-order valence-corrected chi connectivity index (χ4v) is 9.25. The van der Waals surface area contributed by atoms with Crippen LogP contribution in [0.5, 0.6) is 0 Å². The lowest BCUT2D eigenvalue weighted by Gasteiger charge is -2.69. The molecule has 3 saturated carbocycles. The van der Waals surface area contributed by atoms with Crippen LogP contribution in [0.25, 0.3) is 0 Å². The maximum Gasteiger partial charge on any atom is 0.347 e. The van der Waals surface area contributed by atoms with Crippen LogP contribution in [0, 0.1) is 33.5 Å². The SMILES string of the molecule is COC(=O)[C@H]1OC(=O)[C@H]2O[C@]23[C@@]2(C)[C@H](OC(C)=O)C[C@H]4C(C)(C)C(=O)CC[C@@]4(C)[C@@H]2CC[C@]13C. The van der Waals surface area contributed by atoms with Gasteiger partial charge in [0.1, 0.15) is 17.5 Å². The Morgan fingerprint density at radius 1 is 1.03 bits per heavy atom. The molecule has 0 unspecified atom stereocenters. The van der Waals surface area contributed by atoms with E-state index in [1.165, 1.54) is 14.0 Å². The molecular weight excluding hydrogens is 440 g/mol. The van der Waals surface area contributed by atoms with Crippen LogP contribution in [0.4, 0.5) is 0 Å². The highest BCUT2D eigenvalue weighted by Crippen LogP contribution is 2.78. The van der Waals surface area contributed by atoms with Crippen LogP contribution in [0.15, 0.2) is 0 Å². The van der Waals surface area contributed by atoms with Gasteiger partial charge in [-0.3, -0.25) is 9.59 Å². The van der Waals surface area contributed by atoms with Gasteiger partial charge in [-0.2, -0.15) is 0 Å². The van der Waals surface area contributed by atoms with E-state index in [1.54, 1.807) is 0 Å². The van der Waals surface area contributed by atoms with Crippen LogP contribution >= 0.6 is 0 Å². The van der Waals surface area contributed by atoms with Gasteiger partial charge in [0, 0.05) is 29.6 Å². The van der Waals surface area contributed by atoms with E-state index < -0.39 is 58.1 Å². The van der Waals surface area contributed by atoms with Crippen LogP contribution in [0.2, 0.25) is 0 Å². The molecule has 9 atom stereocenters. The summed E-state index contributed by atoms with van der Waals surface area (Å²) in [6.45, 7) is 11.7. The van der Waals surface area contributed by atoms with E-state index in [2.05, 4.69) is 13.8 Å². The molecule has 0 aromatic carbocycles. The van der Waals surface area contributed by atoms with Gasteiger partial charge in [0.25, 0.3) is 0 Å². The molecule has 0 aromatic heterocycles. The Morgan fingerprint density at radius 3 is 2.32 bits per heavy atom. The third kappa shape index (κ3) is 2.48. The number of fused-ring (bicyclic) bond motifs is 3. The maximum absolute atomic E-state index is 13.0. The lowest BCUT2D eigenvalue weighted by atomic mass is 9.35. The van der Waals surface area contributed by atoms with Crippen LogP contribution < -0.4 is 0 Å². The number of ether oxygens (including phenoxy) is 4. The van der Waals surface area contributed by atoms with Crippen LogP contribution in [-0.2, 0) is 38.1 Å². The van der Waals surface area contributed by atoms with E-state index in [9.17, 15) is 19.2 Å². The molecule has 2 aliphatic heterocycles. The molecule has 0 aromatic rings. The van der Waals surface area contributed by atoms with Gasteiger partial charge in [-0.15, -0.1) is 0 Å². The number of esters is 3. The first kappa shape index (κ1) is 23.8. The number of hydrogen-bond acceptors (Lipinski definition) is 8. The Labute approximate surface area is 200 Å². The van der Waals surface area contributed by atoms with Gasteiger partial charge in [-0.05, 0) is 42.9 Å². The number of ketones is 1. The fraction of sp³-hybridized carbons (Fsp3) is 0.846. The highest BCUT2D eigenvalue weighted by atomic mass is 16.7. The average molecular weight is 477 g/mol. The second-order valence-electron chi connectivity index (χ2n) is 12.4. The first-order valence-electron chi connectivity index (χ1n) is 12.4. The van der Waals surface area contributed by atoms with Crippen molar-refractivity contribution in [2.24, 2.45) is 33.5 Å². The molecule has 8 nitrogen and oxygen atoms in total. The van der Waals surface area contributed by atoms with Crippen molar-refractivity contribution in [1.82, 2.24) is 0 Å². The monoisotopic (exact) mass is 476 g/mol. The molecular formula is C26H36O8. The number of carbonyl (C=O) groups excluding carboxylic acids is 4. The minimum absolute atomic E-state index is 0.0218. The zero-order valence-corrected chi connectivity index (χ0v) is 21.2. The molecule has 3 aliphatic carbocycles. The summed E-state index contributed by atoms with van der Waals surface area (Å²) in [5.41, 5.74) is -3.35. The zero-order chi connectivity index (χ0) is 25.1. The molecule has 34 heavy (non-hydrogen) atoms. The summed E-state index contributed by atoms with van der Waals surface area (Å²) >= 11 is 0. The summed E-state index contributed by atoms with van der Waals surface area (Å²) in [4.78, 5) is 51.1. The van der Waals surface area contributed by atoms with Gasteiger partial charge in [-0.25, -0.2) is 9.59 Å². The topological polar surface area (TPSA) is 108 Å². The maximum atomic E-state index is 13.0.